The predicted molar refractivity (Wildman–Crippen MR) is 73.8 cm³/mol. The lowest BCUT2D eigenvalue weighted by Gasteiger charge is -2.19. The summed E-state index contributed by atoms with van der Waals surface area (Å²) in [6.45, 7) is 4.42. The van der Waals surface area contributed by atoms with Crippen LogP contribution in [0.5, 0.6) is 0 Å². The number of pyridine rings is 1. The molecule has 0 aliphatic heterocycles. The summed E-state index contributed by atoms with van der Waals surface area (Å²) in [4.78, 5) is 5.93. The van der Waals surface area contributed by atoms with E-state index in [2.05, 4.69) is 10.3 Å². The van der Waals surface area contributed by atoms with Gasteiger partial charge in [0.05, 0.1) is 6.61 Å². The van der Waals surface area contributed by atoms with Gasteiger partial charge in [-0.2, -0.15) is 0 Å². The average Bonchev–Trinajstić information content (AvgIpc) is 3.22. The van der Waals surface area contributed by atoms with Crippen LogP contribution in [0.25, 0.3) is 0 Å². The van der Waals surface area contributed by atoms with Crippen LogP contribution in [0.15, 0.2) is 12.3 Å². The maximum absolute atomic E-state index is 14.3. The van der Waals surface area contributed by atoms with E-state index in [-0.39, 0.29) is 5.82 Å². The second kappa shape index (κ2) is 6.82. The van der Waals surface area contributed by atoms with Gasteiger partial charge in [-0.25, -0.2) is 9.37 Å². The van der Waals surface area contributed by atoms with Crippen LogP contribution < -0.4 is 10.2 Å². The van der Waals surface area contributed by atoms with Crippen molar-refractivity contribution in [1.29, 1.82) is 0 Å². The molecule has 0 saturated heterocycles. The van der Waals surface area contributed by atoms with Crippen molar-refractivity contribution in [1.82, 2.24) is 10.3 Å². The molecule has 0 amide bonds. The molecule has 1 aromatic heterocycles. The zero-order valence-corrected chi connectivity index (χ0v) is 11.7. The molecule has 0 atom stereocenters. The zero-order valence-electron chi connectivity index (χ0n) is 11.7. The Balaban J connectivity index is 1.96. The Bertz CT molecular complexity index is 410. The molecule has 5 heteroatoms. The summed E-state index contributed by atoms with van der Waals surface area (Å²) in [7, 11) is 1.84. The fraction of sp³-hybridized carbons (Fsp3) is 0.643. The molecule has 1 fully saturated rings. The Morgan fingerprint density at radius 3 is 3.00 bits per heavy atom. The lowest BCUT2D eigenvalue weighted by Crippen LogP contribution is -2.25. The zero-order chi connectivity index (χ0) is 13.7. The highest BCUT2D eigenvalue weighted by molar-refractivity contribution is 5.42. The first-order chi connectivity index (χ1) is 9.22. The van der Waals surface area contributed by atoms with E-state index in [1.807, 2.05) is 14.0 Å². The number of nitrogens with one attached hydrogen (secondary N) is 1. The normalized spacial score (nSPS) is 14.7. The van der Waals surface area contributed by atoms with Gasteiger partial charge in [-0.3, -0.25) is 0 Å². The van der Waals surface area contributed by atoms with Crippen molar-refractivity contribution in [3.63, 3.8) is 0 Å². The number of likely N-dealkylation sites (N-methyl/N-ethyl adjacent to an activating group) is 1. The topological polar surface area (TPSA) is 37.4 Å². The fourth-order valence-corrected chi connectivity index (χ4v) is 1.87. The van der Waals surface area contributed by atoms with Crippen molar-refractivity contribution in [2.75, 3.05) is 31.7 Å². The number of rotatable bonds is 8. The third kappa shape index (κ3) is 4.14. The second-order valence-corrected chi connectivity index (χ2v) is 4.88. The molecule has 4 nitrogen and oxygen atoms in total. The van der Waals surface area contributed by atoms with E-state index in [4.69, 9.17) is 4.74 Å². The first-order valence-electron chi connectivity index (χ1n) is 6.88. The summed E-state index contributed by atoms with van der Waals surface area (Å²) in [5.41, 5.74) is 0.681. The molecule has 0 radical (unpaired) electrons. The number of nitrogens with zero attached hydrogens (tertiary/aromatic N) is 2. The molecule has 1 saturated carbocycles. The molecule has 1 aliphatic rings. The minimum atomic E-state index is -0.227. The lowest BCUT2D eigenvalue weighted by atomic mass is 10.2. The molecule has 106 valence electrons. The van der Waals surface area contributed by atoms with Gasteiger partial charge in [-0.05, 0) is 25.8 Å². The maximum Gasteiger partial charge on any atom is 0.170 e. The smallest absolute Gasteiger partial charge is 0.170 e. The predicted octanol–water partition coefficient (Wildman–Crippen LogP) is 1.95. The largest absolute Gasteiger partial charge is 0.380 e. The van der Waals surface area contributed by atoms with Crippen molar-refractivity contribution >= 4 is 5.82 Å². The number of aromatic nitrogens is 1. The van der Waals surface area contributed by atoms with E-state index < -0.39 is 0 Å². The molecule has 0 aromatic carbocycles. The van der Waals surface area contributed by atoms with E-state index in [1.165, 1.54) is 12.8 Å². The van der Waals surface area contributed by atoms with Gasteiger partial charge in [-0.15, -0.1) is 0 Å². The monoisotopic (exact) mass is 267 g/mol. The quantitative estimate of drug-likeness (QED) is 0.731. The molecule has 2 rings (SSSR count). The van der Waals surface area contributed by atoms with Crippen LogP contribution >= 0.6 is 0 Å². The van der Waals surface area contributed by atoms with Gasteiger partial charge < -0.3 is 15.0 Å². The van der Waals surface area contributed by atoms with E-state index >= 15 is 0 Å². The number of hydrogen-bond acceptors (Lipinski definition) is 4. The summed E-state index contributed by atoms with van der Waals surface area (Å²) >= 11 is 0. The van der Waals surface area contributed by atoms with Gasteiger partial charge in [0.25, 0.3) is 0 Å². The minimum Gasteiger partial charge on any atom is -0.380 e. The Morgan fingerprint density at radius 2 is 2.32 bits per heavy atom. The number of halogens is 1. The van der Waals surface area contributed by atoms with Gasteiger partial charge in [-0.1, -0.05) is 0 Å². The number of ether oxygens (including phenoxy) is 1. The molecule has 0 unspecified atom stereocenters. The summed E-state index contributed by atoms with van der Waals surface area (Å²) in [6, 6.07) is 2.32. The highest BCUT2D eigenvalue weighted by Crippen LogP contribution is 2.22. The fourth-order valence-electron chi connectivity index (χ4n) is 1.87. The van der Waals surface area contributed by atoms with Gasteiger partial charge in [0.15, 0.2) is 11.6 Å². The average molecular weight is 267 g/mol. The van der Waals surface area contributed by atoms with Crippen molar-refractivity contribution in [2.45, 2.75) is 32.4 Å². The Labute approximate surface area is 114 Å². The van der Waals surface area contributed by atoms with Crippen molar-refractivity contribution in [3.8, 4) is 0 Å². The van der Waals surface area contributed by atoms with Crippen molar-refractivity contribution in [2.24, 2.45) is 0 Å². The third-order valence-corrected chi connectivity index (χ3v) is 3.25. The molecule has 1 aromatic rings. The lowest BCUT2D eigenvalue weighted by molar-refractivity contribution is 0.154. The van der Waals surface area contributed by atoms with Crippen LogP contribution in [0.1, 0.15) is 25.3 Å². The van der Waals surface area contributed by atoms with Gasteiger partial charge in [0.1, 0.15) is 0 Å². The molecular formula is C14H22FN3O. The first-order valence-corrected chi connectivity index (χ1v) is 6.88. The van der Waals surface area contributed by atoms with E-state index in [9.17, 15) is 4.39 Å². The minimum absolute atomic E-state index is 0.227. The van der Waals surface area contributed by atoms with Crippen LogP contribution in [0.2, 0.25) is 0 Å². The number of hydrogen-bond donors (Lipinski definition) is 1. The summed E-state index contributed by atoms with van der Waals surface area (Å²) < 4.78 is 19.6. The van der Waals surface area contributed by atoms with Crippen LogP contribution in [-0.4, -0.2) is 37.8 Å². The maximum atomic E-state index is 14.3. The molecule has 1 N–H and O–H groups in total. The second-order valence-electron chi connectivity index (χ2n) is 4.88. The van der Waals surface area contributed by atoms with Crippen LogP contribution in [-0.2, 0) is 11.3 Å². The van der Waals surface area contributed by atoms with Crippen LogP contribution in [0.4, 0.5) is 10.2 Å². The SMILES string of the molecule is CCOCCN(C)c1nccc(CNC2CC2)c1F. The molecule has 19 heavy (non-hydrogen) atoms. The third-order valence-electron chi connectivity index (χ3n) is 3.25. The highest BCUT2D eigenvalue weighted by Gasteiger charge is 2.21. The summed E-state index contributed by atoms with van der Waals surface area (Å²) in [5.74, 6) is 0.171. The van der Waals surface area contributed by atoms with Crippen molar-refractivity contribution < 1.29 is 9.13 Å². The molecule has 1 aliphatic carbocycles. The first kappa shape index (κ1) is 14.2. The molecule has 1 heterocycles. The van der Waals surface area contributed by atoms with E-state index in [0.29, 0.717) is 43.7 Å². The Kier molecular flexibility index (Phi) is 5.10. The Hall–Kier alpha value is -1.20. The Morgan fingerprint density at radius 1 is 1.53 bits per heavy atom. The highest BCUT2D eigenvalue weighted by atomic mass is 19.1. The van der Waals surface area contributed by atoms with Gasteiger partial charge >= 0.3 is 0 Å². The molecule has 0 spiro atoms. The van der Waals surface area contributed by atoms with Crippen molar-refractivity contribution in [3.05, 3.63) is 23.6 Å². The van der Waals surface area contributed by atoms with Gasteiger partial charge in [0, 0.05) is 44.5 Å². The number of anilines is 1. The summed E-state index contributed by atoms with van der Waals surface area (Å²) in [5, 5.41) is 3.32. The molecule has 0 bridgehead atoms. The van der Waals surface area contributed by atoms with Crippen LogP contribution in [0, 0.1) is 5.82 Å². The van der Waals surface area contributed by atoms with E-state index in [1.54, 1.807) is 17.2 Å². The van der Waals surface area contributed by atoms with Gasteiger partial charge in [0.2, 0.25) is 0 Å². The van der Waals surface area contributed by atoms with E-state index in [0.717, 1.165) is 0 Å². The summed E-state index contributed by atoms with van der Waals surface area (Å²) in [6.07, 6.45) is 4.07. The molecular weight excluding hydrogens is 245 g/mol. The standard InChI is InChI=1S/C14H22FN3O/c1-3-19-9-8-18(2)14-13(15)11(6-7-16-14)10-17-12-4-5-12/h6-7,12,17H,3-5,8-10H2,1-2H3. The van der Waals surface area contributed by atoms with Crippen LogP contribution in [0.3, 0.4) is 0 Å².